The molecule has 6 heteroatoms. The van der Waals surface area contributed by atoms with Gasteiger partial charge >= 0.3 is 0 Å². The van der Waals surface area contributed by atoms with Gasteiger partial charge in [0.15, 0.2) is 11.2 Å². The summed E-state index contributed by atoms with van der Waals surface area (Å²) < 4.78 is 19.6. The molecule has 1 amide bonds. The Balaban J connectivity index is 1.57. The number of carbonyl (C=O) groups is 1. The van der Waals surface area contributed by atoms with E-state index in [-0.39, 0.29) is 34.9 Å². The quantitative estimate of drug-likeness (QED) is 0.745. The maximum Gasteiger partial charge on any atom is 0.290 e. The Morgan fingerprint density at radius 2 is 1.96 bits per heavy atom. The smallest absolute Gasteiger partial charge is 0.290 e. The number of hydrogen-bond donors (Lipinski definition) is 1. The van der Waals surface area contributed by atoms with Crippen molar-refractivity contribution in [1.82, 2.24) is 10.2 Å². The van der Waals surface area contributed by atoms with Gasteiger partial charge in [-0.05, 0) is 35.7 Å². The SMILES string of the molecule is O=C(c1cc(=O)c2ccccc2o1)N1C[C@@H]2CNC[C@@H]2[C@@H]1c1cccc(F)c1. The van der Waals surface area contributed by atoms with Crippen LogP contribution in [0.3, 0.4) is 0 Å². The van der Waals surface area contributed by atoms with Gasteiger partial charge in [-0.3, -0.25) is 9.59 Å². The average molecular weight is 378 g/mol. The summed E-state index contributed by atoms with van der Waals surface area (Å²) in [7, 11) is 0. The minimum Gasteiger partial charge on any atom is -0.451 e. The van der Waals surface area contributed by atoms with E-state index in [0.29, 0.717) is 23.4 Å². The number of benzene rings is 2. The predicted octanol–water partition coefficient (Wildman–Crippen LogP) is 2.96. The maximum absolute atomic E-state index is 13.9. The molecule has 2 fully saturated rings. The first-order valence-electron chi connectivity index (χ1n) is 9.42. The highest BCUT2D eigenvalue weighted by molar-refractivity contribution is 5.93. The highest BCUT2D eigenvalue weighted by Crippen LogP contribution is 2.43. The molecule has 0 bridgehead atoms. The summed E-state index contributed by atoms with van der Waals surface area (Å²) in [4.78, 5) is 27.5. The zero-order valence-corrected chi connectivity index (χ0v) is 15.1. The predicted molar refractivity (Wildman–Crippen MR) is 103 cm³/mol. The van der Waals surface area contributed by atoms with Gasteiger partial charge in [-0.1, -0.05) is 24.3 Å². The molecular formula is C22H19FN2O3. The fraction of sp³-hybridized carbons (Fsp3) is 0.273. The minimum atomic E-state index is -0.327. The molecule has 28 heavy (non-hydrogen) atoms. The molecule has 3 atom stereocenters. The lowest BCUT2D eigenvalue weighted by Crippen LogP contribution is -2.35. The van der Waals surface area contributed by atoms with Crippen LogP contribution in [0.4, 0.5) is 4.39 Å². The molecule has 2 aromatic carbocycles. The third-order valence-corrected chi connectivity index (χ3v) is 5.86. The number of para-hydroxylation sites is 1. The number of halogens is 1. The summed E-state index contributed by atoms with van der Waals surface area (Å²) in [6.45, 7) is 2.15. The summed E-state index contributed by atoms with van der Waals surface area (Å²) in [6, 6.07) is 14.3. The van der Waals surface area contributed by atoms with E-state index >= 15 is 0 Å². The maximum atomic E-state index is 13.9. The van der Waals surface area contributed by atoms with E-state index < -0.39 is 0 Å². The number of carbonyl (C=O) groups excluding carboxylic acids is 1. The zero-order chi connectivity index (χ0) is 19.3. The third-order valence-electron chi connectivity index (χ3n) is 5.86. The Hall–Kier alpha value is -2.99. The van der Waals surface area contributed by atoms with Gasteiger partial charge in [-0.2, -0.15) is 0 Å². The second kappa shape index (κ2) is 6.56. The van der Waals surface area contributed by atoms with Gasteiger partial charge in [0.1, 0.15) is 11.4 Å². The van der Waals surface area contributed by atoms with Crippen LogP contribution in [0, 0.1) is 17.7 Å². The van der Waals surface area contributed by atoms with Gasteiger partial charge in [-0.15, -0.1) is 0 Å². The van der Waals surface area contributed by atoms with Crippen molar-refractivity contribution < 1.29 is 13.6 Å². The van der Waals surface area contributed by atoms with Crippen LogP contribution in [0.5, 0.6) is 0 Å². The summed E-state index contributed by atoms with van der Waals surface area (Å²) in [5, 5.41) is 3.81. The van der Waals surface area contributed by atoms with Crippen LogP contribution < -0.4 is 10.7 Å². The van der Waals surface area contributed by atoms with Crippen molar-refractivity contribution in [3.63, 3.8) is 0 Å². The molecule has 0 aliphatic carbocycles. The molecule has 5 nitrogen and oxygen atoms in total. The number of nitrogens with one attached hydrogen (secondary N) is 1. The van der Waals surface area contributed by atoms with E-state index in [1.54, 1.807) is 35.2 Å². The van der Waals surface area contributed by atoms with Crippen molar-refractivity contribution in [3.8, 4) is 0 Å². The average Bonchev–Trinajstić information content (AvgIpc) is 3.28. The highest BCUT2D eigenvalue weighted by Gasteiger charge is 2.47. The van der Waals surface area contributed by atoms with Crippen molar-refractivity contribution in [1.29, 1.82) is 0 Å². The fourth-order valence-corrected chi connectivity index (χ4v) is 4.60. The molecule has 2 aliphatic rings. The van der Waals surface area contributed by atoms with Gasteiger partial charge in [-0.25, -0.2) is 4.39 Å². The van der Waals surface area contributed by atoms with Crippen molar-refractivity contribution in [2.75, 3.05) is 19.6 Å². The molecule has 5 rings (SSSR count). The molecule has 1 N–H and O–H groups in total. The molecule has 3 heterocycles. The molecule has 3 aromatic rings. The lowest BCUT2D eigenvalue weighted by atomic mass is 9.89. The zero-order valence-electron chi connectivity index (χ0n) is 15.1. The number of nitrogens with zero attached hydrogens (tertiary/aromatic N) is 1. The Morgan fingerprint density at radius 1 is 1.11 bits per heavy atom. The summed E-state index contributed by atoms with van der Waals surface area (Å²) in [6.07, 6.45) is 0. The minimum absolute atomic E-state index is 0.0260. The normalized spacial score (nSPS) is 23.9. The van der Waals surface area contributed by atoms with Crippen molar-refractivity contribution in [3.05, 3.63) is 82.0 Å². The third kappa shape index (κ3) is 2.72. The Bertz CT molecular complexity index is 1130. The monoisotopic (exact) mass is 378 g/mol. The summed E-state index contributed by atoms with van der Waals surface area (Å²) in [5.41, 5.74) is 0.919. The Labute approximate surface area is 160 Å². The topological polar surface area (TPSA) is 62.6 Å². The number of amides is 1. The van der Waals surface area contributed by atoms with Crippen molar-refractivity contribution >= 4 is 16.9 Å². The second-order valence-electron chi connectivity index (χ2n) is 7.51. The second-order valence-corrected chi connectivity index (χ2v) is 7.51. The van der Waals surface area contributed by atoms with Gasteiger partial charge in [0.2, 0.25) is 0 Å². The Morgan fingerprint density at radius 3 is 2.82 bits per heavy atom. The van der Waals surface area contributed by atoms with Gasteiger partial charge in [0, 0.05) is 31.6 Å². The molecule has 2 aliphatic heterocycles. The van der Waals surface area contributed by atoms with E-state index in [1.807, 2.05) is 6.07 Å². The number of rotatable bonds is 2. The van der Waals surface area contributed by atoms with Gasteiger partial charge < -0.3 is 14.6 Å². The molecule has 0 unspecified atom stereocenters. The summed E-state index contributed by atoms with van der Waals surface area (Å²) >= 11 is 0. The molecule has 0 saturated carbocycles. The van der Waals surface area contributed by atoms with Crippen LogP contribution in [0.1, 0.15) is 22.2 Å². The van der Waals surface area contributed by atoms with E-state index in [2.05, 4.69) is 5.32 Å². The first-order chi connectivity index (χ1) is 13.6. The largest absolute Gasteiger partial charge is 0.451 e. The lowest BCUT2D eigenvalue weighted by molar-refractivity contribution is 0.0682. The molecule has 1 aromatic heterocycles. The first-order valence-corrected chi connectivity index (χ1v) is 9.42. The number of likely N-dealkylation sites (tertiary alicyclic amines) is 1. The molecule has 0 radical (unpaired) electrons. The molecule has 2 saturated heterocycles. The highest BCUT2D eigenvalue weighted by atomic mass is 19.1. The molecular weight excluding hydrogens is 359 g/mol. The lowest BCUT2D eigenvalue weighted by Gasteiger charge is -2.28. The van der Waals surface area contributed by atoms with Gasteiger partial charge in [0.25, 0.3) is 5.91 Å². The van der Waals surface area contributed by atoms with Crippen LogP contribution >= 0.6 is 0 Å². The fourth-order valence-electron chi connectivity index (χ4n) is 4.60. The molecule has 142 valence electrons. The van der Waals surface area contributed by atoms with E-state index in [9.17, 15) is 14.0 Å². The van der Waals surface area contributed by atoms with Crippen LogP contribution in [0.15, 0.2) is 63.8 Å². The van der Waals surface area contributed by atoms with Crippen molar-refractivity contribution in [2.45, 2.75) is 6.04 Å². The molecule has 0 spiro atoms. The number of fused-ring (bicyclic) bond motifs is 2. The summed E-state index contributed by atoms with van der Waals surface area (Å²) in [5.74, 6) is -0.122. The van der Waals surface area contributed by atoms with Crippen LogP contribution in [-0.2, 0) is 0 Å². The van der Waals surface area contributed by atoms with E-state index in [0.717, 1.165) is 18.7 Å². The Kier molecular flexibility index (Phi) is 4.02. The standard InChI is InChI=1S/C22H19FN2O3/c23-15-5-3-4-13(8-15)21-17-11-24-10-14(17)12-25(21)22(27)20-9-18(26)16-6-1-2-7-19(16)28-20/h1-9,14,17,21,24H,10-12H2/t14-,17-,21-/m0/s1. The van der Waals surface area contributed by atoms with Crippen LogP contribution in [-0.4, -0.2) is 30.4 Å². The van der Waals surface area contributed by atoms with Crippen LogP contribution in [0.2, 0.25) is 0 Å². The van der Waals surface area contributed by atoms with Gasteiger partial charge in [0.05, 0.1) is 11.4 Å². The van der Waals surface area contributed by atoms with E-state index in [1.165, 1.54) is 18.2 Å². The van der Waals surface area contributed by atoms with Crippen LogP contribution in [0.25, 0.3) is 11.0 Å². The van der Waals surface area contributed by atoms with Crippen molar-refractivity contribution in [2.24, 2.45) is 11.8 Å². The first kappa shape index (κ1) is 17.1. The number of hydrogen-bond acceptors (Lipinski definition) is 4. The van der Waals surface area contributed by atoms with E-state index in [4.69, 9.17) is 4.42 Å².